The van der Waals surface area contributed by atoms with Crippen molar-refractivity contribution < 1.29 is 14.6 Å². The van der Waals surface area contributed by atoms with Crippen LogP contribution in [0.3, 0.4) is 0 Å². The van der Waals surface area contributed by atoms with Gasteiger partial charge in [0.05, 0.1) is 12.8 Å². The summed E-state index contributed by atoms with van der Waals surface area (Å²) in [6, 6.07) is 5.13. The lowest BCUT2D eigenvalue weighted by atomic mass is 10.2. The Morgan fingerprint density at radius 1 is 1.67 bits per heavy atom. The zero-order valence-electron chi connectivity index (χ0n) is 10.2. The molecule has 1 aromatic rings. The zero-order chi connectivity index (χ0) is 13.0. The minimum Gasteiger partial charge on any atom is -0.481 e. The number of pyridine rings is 1. The fourth-order valence-corrected chi connectivity index (χ4v) is 3.03. The maximum absolute atomic E-state index is 11.2. The molecule has 0 aliphatic carbocycles. The predicted octanol–water partition coefficient (Wildman–Crippen LogP) is 1.09. The number of nitrogens with zero attached hydrogens (tertiary/aromatic N) is 2. The lowest BCUT2D eigenvalue weighted by Crippen LogP contribution is -2.46. The second-order valence-electron chi connectivity index (χ2n) is 4.07. The third-order valence-corrected chi connectivity index (χ3v) is 3.90. The number of aliphatic carboxylic acids is 1. The Balaban J connectivity index is 2.08. The van der Waals surface area contributed by atoms with Gasteiger partial charge in [-0.1, -0.05) is 6.07 Å². The van der Waals surface area contributed by atoms with Gasteiger partial charge in [0.1, 0.15) is 6.04 Å². The molecule has 5 nitrogen and oxygen atoms in total. The van der Waals surface area contributed by atoms with Crippen LogP contribution in [0.15, 0.2) is 18.2 Å². The second kappa shape index (κ2) is 6.06. The first kappa shape index (κ1) is 13.2. The number of methoxy groups -OCH3 is 1. The first-order valence-corrected chi connectivity index (χ1v) is 6.90. The van der Waals surface area contributed by atoms with E-state index in [1.807, 2.05) is 17.0 Å². The van der Waals surface area contributed by atoms with Gasteiger partial charge in [0, 0.05) is 30.7 Å². The van der Waals surface area contributed by atoms with E-state index in [1.165, 1.54) is 0 Å². The maximum atomic E-state index is 11.2. The van der Waals surface area contributed by atoms with Crippen molar-refractivity contribution in [1.29, 1.82) is 0 Å². The normalized spacial score (nSPS) is 20.6. The summed E-state index contributed by atoms with van der Waals surface area (Å²) in [4.78, 5) is 17.5. The maximum Gasteiger partial charge on any atom is 0.321 e. The van der Waals surface area contributed by atoms with Gasteiger partial charge in [-0.15, -0.1) is 0 Å². The van der Waals surface area contributed by atoms with Crippen molar-refractivity contribution in [1.82, 2.24) is 9.88 Å². The van der Waals surface area contributed by atoms with Crippen molar-refractivity contribution in [2.45, 2.75) is 12.6 Å². The molecule has 2 rings (SSSR count). The molecule has 0 spiro atoms. The fraction of sp³-hybridized carbons (Fsp3) is 0.500. The van der Waals surface area contributed by atoms with Gasteiger partial charge in [-0.05, 0) is 6.07 Å². The molecule has 1 N–H and O–H groups in total. The summed E-state index contributed by atoms with van der Waals surface area (Å²) in [6.45, 7) is 1.33. The number of ether oxygens (including phenoxy) is 1. The Morgan fingerprint density at radius 2 is 2.50 bits per heavy atom. The summed E-state index contributed by atoms with van der Waals surface area (Å²) < 4.78 is 5.07. The van der Waals surface area contributed by atoms with Gasteiger partial charge >= 0.3 is 5.97 Å². The van der Waals surface area contributed by atoms with Crippen molar-refractivity contribution in [3.63, 3.8) is 0 Å². The average Bonchev–Trinajstić information content (AvgIpc) is 2.39. The minimum atomic E-state index is -0.759. The highest BCUT2D eigenvalue weighted by Crippen LogP contribution is 2.19. The molecule has 0 aromatic carbocycles. The number of carboxylic acid groups (broad SMARTS) is 1. The lowest BCUT2D eigenvalue weighted by Gasteiger charge is -2.32. The Morgan fingerprint density at radius 3 is 3.22 bits per heavy atom. The molecule has 0 radical (unpaired) electrons. The van der Waals surface area contributed by atoms with Gasteiger partial charge in [-0.2, -0.15) is 11.8 Å². The van der Waals surface area contributed by atoms with Crippen LogP contribution in [-0.4, -0.2) is 52.2 Å². The zero-order valence-corrected chi connectivity index (χ0v) is 11.0. The smallest absolute Gasteiger partial charge is 0.321 e. The van der Waals surface area contributed by atoms with Crippen LogP contribution in [0, 0.1) is 0 Å². The highest BCUT2D eigenvalue weighted by atomic mass is 32.2. The molecule has 1 aromatic heterocycles. The fourth-order valence-electron chi connectivity index (χ4n) is 1.92. The monoisotopic (exact) mass is 268 g/mol. The van der Waals surface area contributed by atoms with Gasteiger partial charge in [0.25, 0.3) is 0 Å². The number of thioether (sulfide) groups is 1. The van der Waals surface area contributed by atoms with E-state index in [-0.39, 0.29) is 0 Å². The molecule has 6 heteroatoms. The van der Waals surface area contributed by atoms with E-state index in [0.717, 1.165) is 18.0 Å². The van der Waals surface area contributed by atoms with Crippen LogP contribution < -0.4 is 4.74 Å². The summed E-state index contributed by atoms with van der Waals surface area (Å²) in [7, 11) is 1.57. The number of carboxylic acids is 1. The molecule has 1 aliphatic heterocycles. The quantitative estimate of drug-likeness (QED) is 0.882. The number of carbonyl (C=O) groups is 1. The van der Waals surface area contributed by atoms with E-state index < -0.39 is 12.0 Å². The van der Waals surface area contributed by atoms with Crippen LogP contribution in [0.5, 0.6) is 5.88 Å². The minimum absolute atomic E-state index is 0.420. The summed E-state index contributed by atoms with van der Waals surface area (Å²) in [5.41, 5.74) is 0.840. The number of rotatable bonds is 4. The predicted molar refractivity (Wildman–Crippen MR) is 69.9 cm³/mol. The van der Waals surface area contributed by atoms with Crippen molar-refractivity contribution in [2.24, 2.45) is 0 Å². The molecule has 0 saturated carbocycles. The Hall–Kier alpha value is -1.27. The topological polar surface area (TPSA) is 62.7 Å². The Bertz CT molecular complexity index is 428. The van der Waals surface area contributed by atoms with Crippen molar-refractivity contribution >= 4 is 17.7 Å². The number of aromatic nitrogens is 1. The Kier molecular flexibility index (Phi) is 4.43. The van der Waals surface area contributed by atoms with Crippen molar-refractivity contribution in [3.05, 3.63) is 23.9 Å². The van der Waals surface area contributed by atoms with Crippen molar-refractivity contribution in [2.75, 3.05) is 25.2 Å². The average molecular weight is 268 g/mol. The van der Waals surface area contributed by atoms with E-state index in [1.54, 1.807) is 24.9 Å². The SMILES string of the molecule is COc1cccc(CN2CCSCC2C(=O)O)n1. The van der Waals surface area contributed by atoms with Gasteiger partial charge in [-0.3, -0.25) is 9.69 Å². The van der Waals surface area contributed by atoms with Gasteiger partial charge in [-0.25, -0.2) is 4.98 Å². The van der Waals surface area contributed by atoms with E-state index in [2.05, 4.69) is 4.98 Å². The number of hydrogen-bond acceptors (Lipinski definition) is 5. The summed E-state index contributed by atoms with van der Waals surface area (Å²) in [6.07, 6.45) is 0. The molecule has 1 aliphatic rings. The second-order valence-corrected chi connectivity index (χ2v) is 5.22. The number of hydrogen-bond donors (Lipinski definition) is 1. The van der Waals surface area contributed by atoms with Crippen LogP contribution in [0.1, 0.15) is 5.69 Å². The van der Waals surface area contributed by atoms with Crippen LogP contribution in [0.2, 0.25) is 0 Å². The molecular formula is C12H16N2O3S. The first-order chi connectivity index (χ1) is 8.70. The van der Waals surface area contributed by atoms with Gasteiger partial charge < -0.3 is 9.84 Å². The molecule has 1 fully saturated rings. The van der Waals surface area contributed by atoms with Gasteiger partial charge in [0.2, 0.25) is 5.88 Å². The first-order valence-electron chi connectivity index (χ1n) is 5.75. The van der Waals surface area contributed by atoms with E-state index in [0.29, 0.717) is 18.2 Å². The molecule has 1 atom stereocenters. The lowest BCUT2D eigenvalue weighted by molar-refractivity contribution is -0.142. The molecule has 98 valence electrons. The van der Waals surface area contributed by atoms with Crippen LogP contribution in [0.25, 0.3) is 0 Å². The summed E-state index contributed by atoms with van der Waals surface area (Å²) >= 11 is 1.69. The van der Waals surface area contributed by atoms with E-state index >= 15 is 0 Å². The standard InChI is InChI=1S/C12H16N2O3S/c1-17-11-4-2-3-9(13-11)7-14-5-6-18-8-10(14)12(15)16/h2-4,10H,5-8H2,1H3,(H,15,16). The molecular weight excluding hydrogens is 252 g/mol. The van der Waals surface area contributed by atoms with E-state index in [9.17, 15) is 9.90 Å². The molecule has 0 bridgehead atoms. The molecule has 18 heavy (non-hydrogen) atoms. The van der Waals surface area contributed by atoms with Gasteiger partial charge in [0.15, 0.2) is 0 Å². The molecule has 1 unspecified atom stereocenters. The summed E-state index contributed by atoms with van der Waals surface area (Å²) in [5.74, 6) is 1.41. The van der Waals surface area contributed by atoms with Crippen LogP contribution in [-0.2, 0) is 11.3 Å². The molecule has 2 heterocycles. The Labute approximate surface area is 110 Å². The van der Waals surface area contributed by atoms with Crippen LogP contribution in [0.4, 0.5) is 0 Å². The third-order valence-electron chi connectivity index (χ3n) is 2.88. The summed E-state index contributed by atoms with van der Waals surface area (Å²) in [5, 5.41) is 9.19. The molecule has 0 amide bonds. The van der Waals surface area contributed by atoms with Crippen LogP contribution >= 0.6 is 11.8 Å². The highest BCUT2D eigenvalue weighted by molar-refractivity contribution is 7.99. The van der Waals surface area contributed by atoms with E-state index in [4.69, 9.17) is 4.74 Å². The van der Waals surface area contributed by atoms with Crippen molar-refractivity contribution in [3.8, 4) is 5.88 Å². The largest absolute Gasteiger partial charge is 0.481 e. The highest BCUT2D eigenvalue weighted by Gasteiger charge is 2.28. The third kappa shape index (κ3) is 3.14. The molecule has 1 saturated heterocycles.